The molecule has 3 rings (SSSR count). The van der Waals surface area contributed by atoms with Crippen LogP contribution in [0.25, 0.3) is 22.2 Å². The maximum Gasteiger partial charge on any atom is 0.125 e. The summed E-state index contributed by atoms with van der Waals surface area (Å²) < 4.78 is 14.3. The van der Waals surface area contributed by atoms with Crippen molar-refractivity contribution in [2.45, 2.75) is 0 Å². The van der Waals surface area contributed by atoms with Crippen molar-refractivity contribution in [1.82, 2.24) is 4.98 Å². The highest BCUT2D eigenvalue weighted by atomic mass is 127. The van der Waals surface area contributed by atoms with E-state index in [9.17, 15) is 4.39 Å². The van der Waals surface area contributed by atoms with Gasteiger partial charge in [-0.2, -0.15) is 0 Å². The second-order valence-corrected chi connectivity index (χ2v) is 5.51. The van der Waals surface area contributed by atoms with Gasteiger partial charge in [0.25, 0.3) is 0 Å². The van der Waals surface area contributed by atoms with Crippen LogP contribution >= 0.6 is 22.6 Å². The minimum absolute atomic E-state index is 0.298. The van der Waals surface area contributed by atoms with Gasteiger partial charge in [0.05, 0.1) is 16.9 Å². The fourth-order valence-electron chi connectivity index (χ4n) is 2.13. The minimum Gasteiger partial charge on any atom is -0.323 e. The molecule has 2 aromatic carbocycles. The number of hydrazine groups is 1. The fourth-order valence-corrected chi connectivity index (χ4v) is 2.84. The molecule has 0 aliphatic carbocycles. The number of pyridine rings is 1. The van der Waals surface area contributed by atoms with Crippen LogP contribution in [0, 0.1) is 9.39 Å². The number of rotatable bonds is 2. The van der Waals surface area contributed by atoms with E-state index in [1.54, 1.807) is 0 Å². The molecule has 3 nitrogen and oxygen atoms in total. The molecule has 3 aromatic rings. The maximum atomic E-state index is 13.5. The van der Waals surface area contributed by atoms with E-state index in [0.717, 1.165) is 20.3 Å². The van der Waals surface area contributed by atoms with Crippen LogP contribution < -0.4 is 11.3 Å². The van der Waals surface area contributed by atoms with E-state index in [4.69, 9.17) is 5.84 Å². The summed E-state index contributed by atoms with van der Waals surface area (Å²) in [6, 6.07) is 14.5. The van der Waals surface area contributed by atoms with Gasteiger partial charge in [0.15, 0.2) is 0 Å². The van der Waals surface area contributed by atoms with E-state index >= 15 is 0 Å². The fraction of sp³-hybridized carbons (Fsp3) is 0. The van der Waals surface area contributed by atoms with Gasteiger partial charge in [-0.3, -0.25) is 5.84 Å². The summed E-state index contributed by atoms with van der Waals surface area (Å²) in [5.41, 5.74) is 5.81. The number of hydrogen-bond acceptors (Lipinski definition) is 3. The number of aromatic nitrogens is 1. The third kappa shape index (κ3) is 2.34. The van der Waals surface area contributed by atoms with Crippen LogP contribution in [0.5, 0.6) is 0 Å². The molecule has 0 saturated carbocycles. The monoisotopic (exact) mass is 379 g/mol. The van der Waals surface area contributed by atoms with Gasteiger partial charge in [0.2, 0.25) is 0 Å². The first-order chi connectivity index (χ1) is 9.69. The Kier molecular flexibility index (Phi) is 3.54. The summed E-state index contributed by atoms with van der Waals surface area (Å²) in [5, 5.41) is 0.677. The van der Waals surface area contributed by atoms with Gasteiger partial charge in [0, 0.05) is 14.5 Å². The molecule has 0 unspecified atom stereocenters. The van der Waals surface area contributed by atoms with Gasteiger partial charge in [-0.15, -0.1) is 0 Å². The Morgan fingerprint density at radius 1 is 1.10 bits per heavy atom. The first kappa shape index (κ1) is 13.3. The largest absolute Gasteiger partial charge is 0.323 e. The van der Waals surface area contributed by atoms with E-state index in [1.165, 1.54) is 12.1 Å². The van der Waals surface area contributed by atoms with Crippen LogP contribution in [0.1, 0.15) is 0 Å². The lowest BCUT2D eigenvalue weighted by Crippen LogP contribution is -2.08. The predicted molar refractivity (Wildman–Crippen MR) is 87.7 cm³/mol. The Balaban J connectivity index is 2.32. The lowest BCUT2D eigenvalue weighted by molar-refractivity contribution is 0.629. The summed E-state index contributed by atoms with van der Waals surface area (Å²) in [4.78, 5) is 4.62. The van der Waals surface area contributed by atoms with Crippen LogP contribution in [-0.4, -0.2) is 4.98 Å². The van der Waals surface area contributed by atoms with E-state index in [2.05, 4.69) is 33.0 Å². The van der Waals surface area contributed by atoms with Gasteiger partial charge in [-0.1, -0.05) is 30.3 Å². The van der Waals surface area contributed by atoms with Crippen molar-refractivity contribution in [3.63, 3.8) is 0 Å². The molecule has 0 saturated heterocycles. The predicted octanol–water partition coefficient (Wildman–Crippen LogP) is 3.93. The number of benzene rings is 2. The molecule has 3 N–H and O–H groups in total. The van der Waals surface area contributed by atoms with E-state index in [0.29, 0.717) is 11.1 Å². The van der Waals surface area contributed by atoms with Crippen LogP contribution in [0.3, 0.4) is 0 Å². The zero-order chi connectivity index (χ0) is 14.1. The van der Waals surface area contributed by atoms with Crippen molar-refractivity contribution >= 4 is 39.2 Å². The van der Waals surface area contributed by atoms with Crippen LogP contribution in [0.4, 0.5) is 10.1 Å². The Bertz CT molecular complexity index is 775. The molecule has 0 aliphatic rings. The molecule has 0 spiro atoms. The molecule has 0 radical (unpaired) electrons. The van der Waals surface area contributed by atoms with E-state index in [-0.39, 0.29) is 5.82 Å². The summed E-state index contributed by atoms with van der Waals surface area (Å²) in [7, 11) is 0. The molecule has 0 fully saturated rings. The number of hydrogen-bond donors (Lipinski definition) is 2. The van der Waals surface area contributed by atoms with Crippen molar-refractivity contribution in [3.8, 4) is 11.3 Å². The zero-order valence-corrected chi connectivity index (χ0v) is 12.6. The summed E-state index contributed by atoms with van der Waals surface area (Å²) in [6.45, 7) is 0. The van der Waals surface area contributed by atoms with Crippen molar-refractivity contribution in [2.24, 2.45) is 5.84 Å². The molecule has 0 aliphatic heterocycles. The average molecular weight is 379 g/mol. The first-order valence-corrected chi connectivity index (χ1v) is 7.09. The third-order valence-electron chi connectivity index (χ3n) is 3.06. The van der Waals surface area contributed by atoms with E-state index < -0.39 is 0 Å². The highest BCUT2D eigenvalue weighted by Gasteiger charge is 2.11. The Labute approximate surface area is 129 Å². The number of nitrogens with one attached hydrogen (secondary N) is 1. The number of fused-ring (bicyclic) bond motifs is 1. The number of nitrogens with zero attached hydrogens (tertiary/aromatic N) is 1. The molecule has 1 aromatic heterocycles. The van der Waals surface area contributed by atoms with Crippen molar-refractivity contribution in [3.05, 3.63) is 57.9 Å². The molecule has 5 heteroatoms. The Morgan fingerprint density at radius 2 is 1.85 bits per heavy atom. The van der Waals surface area contributed by atoms with Crippen LogP contribution in [0.2, 0.25) is 0 Å². The normalized spacial score (nSPS) is 10.8. The summed E-state index contributed by atoms with van der Waals surface area (Å²) in [6.07, 6.45) is 0. The first-order valence-electron chi connectivity index (χ1n) is 6.01. The maximum absolute atomic E-state index is 13.5. The van der Waals surface area contributed by atoms with Crippen molar-refractivity contribution in [2.75, 3.05) is 5.43 Å². The van der Waals surface area contributed by atoms with E-state index in [1.807, 2.05) is 36.4 Å². The second kappa shape index (κ2) is 5.34. The number of anilines is 1. The van der Waals surface area contributed by atoms with Gasteiger partial charge in [-0.05, 0) is 40.8 Å². The van der Waals surface area contributed by atoms with Gasteiger partial charge >= 0.3 is 0 Å². The summed E-state index contributed by atoms with van der Waals surface area (Å²) in [5.74, 6) is 5.26. The Morgan fingerprint density at radius 3 is 2.55 bits per heavy atom. The lowest BCUT2D eigenvalue weighted by atomic mass is 10.1. The topological polar surface area (TPSA) is 50.9 Å². The number of nitrogen functional groups attached to an aromatic ring is 1. The van der Waals surface area contributed by atoms with Crippen LogP contribution in [-0.2, 0) is 0 Å². The molecule has 0 bridgehead atoms. The summed E-state index contributed by atoms with van der Waals surface area (Å²) >= 11 is 2.08. The second-order valence-electron chi connectivity index (χ2n) is 4.35. The smallest absolute Gasteiger partial charge is 0.125 e. The molecule has 1 heterocycles. The third-order valence-corrected chi connectivity index (χ3v) is 3.88. The zero-order valence-electron chi connectivity index (χ0n) is 10.4. The standard InChI is InChI=1S/C15H11FIN3/c16-10-6-11-14(20-18)8-13(9-4-2-1-3-5-9)19-15(11)12(17)7-10/h1-8H,18H2,(H,19,20). The van der Waals surface area contributed by atoms with Crippen LogP contribution in [0.15, 0.2) is 48.5 Å². The molecule has 0 amide bonds. The molecule has 0 atom stereocenters. The molecule has 100 valence electrons. The quantitative estimate of drug-likeness (QED) is 0.403. The molecule has 20 heavy (non-hydrogen) atoms. The molecular formula is C15H11FIN3. The molecular weight excluding hydrogens is 368 g/mol. The SMILES string of the molecule is NNc1cc(-c2ccccc2)nc2c(I)cc(F)cc12. The Hall–Kier alpha value is -1.73. The number of halogens is 2. The highest BCUT2D eigenvalue weighted by Crippen LogP contribution is 2.30. The minimum atomic E-state index is -0.298. The number of nitrogens with two attached hydrogens (primary N) is 1. The van der Waals surface area contributed by atoms with Gasteiger partial charge in [-0.25, -0.2) is 9.37 Å². The van der Waals surface area contributed by atoms with Gasteiger partial charge < -0.3 is 5.43 Å². The average Bonchev–Trinajstić information content (AvgIpc) is 2.47. The van der Waals surface area contributed by atoms with Crippen molar-refractivity contribution in [1.29, 1.82) is 0 Å². The van der Waals surface area contributed by atoms with Gasteiger partial charge in [0.1, 0.15) is 5.82 Å². The highest BCUT2D eigenvalue weighted by molar-refractivity contribution is 14.1. The lowest BCUT2D eigenvalue weighted by Gasteiger charge is -2.10. The van der Waals surface area contributed by atoms with Crippen molar-refractivity contribution < 1.29 is 4.39 Å².